The average Bonchev–Trinajstić information content (AvgIpc) is 3.67. The van der Waals surface area contributed by atoms with Crippen LogP contribution in [-0.2, 0) is 4.79 Å². The Kier molecular flexibility index (Phi) is 7.51. The molecule has 0 radical (unpaired) electrons. The third-order valence-corrected chi connectivity index (χ3v) is 7.40. The summed E-state index contributed by atoms with van der Waals surface area (Å²) in [6, 6.07) is 5.67. The van der Waals surface area contributed by atoms with Gasteiger partial charge in [-0.05, 0) is 76.5 Å². The quantitative estimate of drug-likeness (QED) is 0.339. The van der Waals surface area contributed by atoms with Gasteiger partial charge < -0.3 is 30.2 Å². The minimum Gasteiger partial charge on any atom is -0.497 e. The first-order valence-electron chi connectivity index (χ1n) is 13.3. The molecular formula is C28H35N5O5. The summed E-state index contributed by atoms with van der Waals surface area (Å²) in [5.74, 6) is 1.45. The van der Waals surface area contributed by atoms with E-state index in [1.54, 1.807) is 7.11 Å². The van der Waals surface area contributed by atoms with Crippen molar-refractivity contribution in [2.75, 3.05) is 13.7 Å². The summed E-state index contributed by atoms with van der Waals surface area (Å²) >= 11 is 0. The van der Waals surface area contributed by atoms with Gasteiger partial charge in [0.1, 0.15) is 35.1 Å². The van der Waals surface area contributed by atoms with E-state index in [1.807, 2.05) is 25.1 Å². The van der Waals surface area contributed by atoms with Crippen molar-refractivity contribution in [1.82, 2.24) is 25.6 Å². The minimum absolute atomic E-state index is 0.00586. The molecule has 0 spiro atoms. The molecule has 10 heteroatoms. The first kappa shape index (κ1) is 26.0. The van der Waals surface area contributed by atoms with Crippen molar-refractivity contribution >= 4 is 22.8 Å². The fraction of sp³-hybridized carbons (Fsp3) is 0.500. The Balaban J connectivity index is 1.36. The van der Waals surface area contributed by atoms with E-state index in [4.69, 9.17) is 9.47 Å². The third kappa shape index (κ3) is 5.60. The van der Waals surface area contributed by atoms with E-state index in [-0.39, 0.29) is 23.9 Å². The van der Waals surface area contributed by atoms with E-state index in [1.165, 1.54) is 26.1 Å². The predicted octanol–water partition coefficient (Wildman–Crippen LogP) is 3.27. The standard InChI is InChI=1S/C28H35N5O5/c1-15-23(28(36)33-19-8-6-18(7-9-19)32-27(35)16(2)34)25-26(31-15)24(29-14-30-25)21-12-20(37-3)10-11-22(21)38-13-17-4-5-17/h10-12,14,16-19,31,34H,4-9,13H2,1-3H3,(H,32,35)(H,33,36)/t16-,18-,19-/m0/s1. The number of benzene rings is 1. The zero-order chi connectivity index (χ0) is 26.8. The van der Waals surface area contributed by atoms with Crippen LogP contribution in [0, 0.1) is 12.8 Å². The van der Waals surface area contributed by atoms with Crippen LogP contribution in [0.1, 0.15) is 61.5 Å². The highest BCUT2D eigenvalue weighted by molar-refractivity contribution is 6.09. The smallest absolute Gasteiger partial charge is 0.255 e. The number of rotatable bonds is 9. The van der Waals surface area contributed by atoms with E-state index < -0.39 is 6.10 Å². The van der Waals surface area contributed by atoms with Crippen LogP contribution >= 0.6 is 0 Å². The van der Waals surface area contributed by atoms with Gasteiger partial charge in [-0.15, -0.1) is 0 Å². The maximum atomic E-state index is 13.4. The number of aromatic nitrogens is 3. The first-order valence-corrected chi connectivity index (χ1v) is 13.3. The molecule has 2 aliphatic carbocycles. The Bertz CT molecular complexity index is 1320. The van der Waals surface area contributed by atoms with Crippen LogP contribution in [0.3, 0.4) is 0 Å². The second kappa shape index (κ2) is 11.0. The van der Waals surface area contributed by atoms with Crippen molar-refractivity contribution in [3.05, 3.63) is 35.8 Å². The van der Waals surface area contributed by atoms with E-state index in [9.17, 15) is 14.7 Å². The topological polar surface area (TPSA) is 138 Å². The van der Waals surface area contributed by atoms with Gasteiger partial charge in [0.15, 0.2) is 0 Å². The van der Waals surface area contributed by atoms with Crippen LogP contribution in [0.5, 0.6) is 11.5 Å². The van der Waals surface area contributed by atoms with Gasteiger partial charge in [0, 0.05) is 23.3 Å². The normalized spacial score (nSPS) is 20.1. The number of ether oxygens (including phenoxy) is 2. The Morgan fingerprint density at radius 1 is 1.11 bits per heavy atom. The van der Waals surface area contributed by atoms with Gasteiger partial charge in [-0.3, -0.25) is 9.59 Å². The maximum Gasteiger partial charge on any atom is 0.255 e. The number of nitrogens with one attached hydrogen (secondary N) is 3. The molecule has 2 amide bonds. The van der Waals surface area contributed by atoms with Crippen molar-refractivity contribution in [2.45, 2.75) is 70.6 Å². The molecule has 4 N–H and O–H groups in total. The number of carbonyl (C=O) groups excluding carboxylic acids is 2. The van der Waals surface area contributed by atoms with Crippen LogP contribution in [-0.4, -0.2) is 63.8 Å². The van der Waals surface area contributed by atoms with E-state index in [0.29, 0.717) is 46.3 Å². The molecule has 3 aromatic rings. The average molecular weight is 522 g/mol. The molecule has 10 nitrogen and oxygen atoms in total. The van der Waals surface area contributed by atoms with E-state index in [0.717, 1.165) is 37.0 Å². The molecule has 2 heterocycles. The number of aromatic amines is 1. The van der Waals surface area contributed by atoms with E-state index >= 15 is 0 Å². The van der Waals surface area contributed by atoms with Crippen molar-refractivity contribution in [3.8, 4) is 22.8 Å². The molecule has 2 aliphatic rings. The first-order chi connectivity index (χ1) is 18.3. The second-order valence-corrected chi connectivity index (χ2v) is 10.4. The largest absolute Gasteiger partial charge is 0.497 e. The summed E-state index contributed by atoms with van der Waals surface area (Å²) in [4.78, 5) is 37.6. The number of aliphatic hydroxyl groups excluding tert-OH is 1. The molecule has 0 bridgehead atoms. The number of carbonyl (C=O) groups is 2. The molecule has 1 aromatic carbocycles. The Labute approximate surface area is 221 Å². The second-order valence-electron chi connectivity index (χ2n) is 10.4. The van der Waals surface area contributed by atoms with Gasteiger partial charge in [-0.1, -0.05) is 0 Å². The number of aliphatic hydroxyl groups is 1. The molecule has 2 aromatic heterocycles. The molecule has 5 rings (SSSR count). The molecule has 2 saturated carbocycles. The van der Waals surface area contributed by atoms with Gasteiger partial charge in [-0.2, -0.15) is 0 Å². The van der Waals surface area contributed by atoms with Crippen LogP contribution < -0.4 is 20.1 Å². The minimum atomic E-state index is -1.03. The van der Waals surface area contributed by atoms with Gasteiger partial charge in [-0.25, -0.2) is 9.97 Å². The molecule has 38 heavy (non-hydrogen) atoms. The highest BCUT2D eigenvalue weighted by Gasteiger charge is 2.28. The van der Waals surface area contributed by atoms with Crippen LogP contribution in [0.15, 0.2) is 24.5 Å². The lowest BCUT2D eigenvalue weighted by Crippen LogP contribution is -2.46. The van der Waals surface area contributed by atoms with Crippen molar-refractivity contribution in [1.29, 1.82) is 0 Å². The Hall–Kier alpha value is -3.66. The summed E-state index contributed by atoms with van der Waals surface area (Å²) < 4.78 is 11.6. The summed E-state index contributed by atoms with van der Waals surface area (Å²) in [5, 5.41) is 15.4. The number of fused-ring (bicyclic) bond motifs is 1. The summed E-state index contributed by atoms with van der Waals surface area (Å²) in [6.07, 6.45) is 5.78. The zero-order valence-corrected chi connectivity index (χ0v) is 22.0. The zero-order valence-electron chi connectivity index (χ0n) is 22.0. The fourth-order valence-corrected chi connectivity index (χ4v) is 5.00. The maximum absolute atomic E-state index is 13.4. The number of nitrogens with zero attached hydrogens (tertiary/aromatic N) is 2. The van der Waals surface area contributed by atoms with E-state index in [2.05, 4.69) is 25.6 Å². The molecule has 0 unspecified atom stereocenters. The summed E-state index contributed by atoms with van der Waals surface area (Å²) in [7, 11) is 1.62. The van der Waals surface area contributed by atoms with Crippen LogP contribution in [0.25, 0.3) is 22.3 Å². The monoisotopic (exact) mass is 521 g/mol. The number of amides is 2. The number of H-pyrrole nitrogens is 1. The molecule has 1 atom stereocenters. The number of methoxy groups -OCH3 is 1. The van der Waals surface area contributed by atoms with Crippen LogP contribution in [0.2, 0.25) is 0 Å². The highest BCUT2D eigenvalue weighted by Crippen LogP contribution is 2.38. The van der Waals surface area contributed by atoms with Crippen molar-refractivity contribution in [3.63, 3.8) is 0 Å². The molecule has 0 saturated heterocycles. The lowest BCUT2D eigenvalue weighted by Gasteiger charge is -2.30. The van der Waals surface area contributed by atoms with Crippen molar-refractivity contribution in [2.24, 2.45) is 5.92 Å². The number of hydrogen-bond acceptors (Lipinski definition) is 7. The van der Waals surface area contributed by atoms with Gasteiger partial charge in [0.05, 0.1) is 24.8 Å². The van der Waals surface area contributed by atoms with Gasteiger partial charge >= 0.3 is 0 Å². The molecule has 0 aliphatic heterocycles. The Morgan fingerprint density at radius 3 is 2.47 bits per heavy atom. The highest BCUT2D eigenvalue weighted by atomic mass is 16.5. The lowest BCUT2D eigenvalue weighted by molar-refractivity contribution is -0.129. The third-order valence-electron chi connectivity index (χ3n) is 7.40. The molecular weight excluding hydrogens is 486 g/mol. The fourth-order valence-electron chi connectivity index (χ4n) is 5.00. The summed E-state index contributed by atoms with van der Waals surface area (Å²) in [6.45, 7) is 3.98. The van der Waals surface area contributed by atoms with Crippen LogP contribution in [0.4, 0.5) is 0 Å². The lowest BCUT2D eigenvalue weighted by atomic mass is 9.90. The molecule has 2 fully saturated rings. The summed E-state index contributed by atoms with van der Waals surface area (Å²) in [5.41, 5.74) is 3.86. The van der Waals surface area contributed by atoms with Crippen molar-refractivity contribution < 1.29 is 24.2 Å². The Morgan fingerprint density at radius 2 is 1.82 bits per heavy atom. The predicted molar refractivity (Wildman–Crippen MR) is 142 cm³/mol. The molecule has 202 valence electrons. The number of aryl methyl sites for hydroxylation is 1. The van der Waals surface area contributed by atoms with Gasteiger partial charge in [0.25, 0.3) is 5.91 Å². The van der Waals surface area contributed by atoms with Gasteiger partial charge in [0.2, 0.25) is 5.91 Å². The number of hydrogen-bond donors (Lipinski definition) is 4. The SMILES string of the molecule is COc1ccc(OCC2CC2)c(-c2ncnc3c(C(=O)N[C@H]4CC[C@H](NC(=O)[C@H](C)O)CC4)c(C)[nH]c23)c1.